The summed E-state index contributed by atoms with van der Waals surface area (Å²) in [6.07, 6.45) is -1.07. The second-order valence-electron chi connectivity index (χ2n) is 2.74. The van der Waals surface area contributed by atoms with Crippen LogP contribution in [0.3, 0.4) is 0 Å². The molecule has 0 radical (unpaired) electrons. The molecule has 0 aromatic rings. The Hall–Kier alpha value is -1.11. The zero-order chi connectivity index (χ0) is 9.41. The van der Waals surface area contributed by atoms with Crippen molar-refractivity contribution in [3.8, 4) is 0 Å². The van der Waals surface area contributed by atoms with Crippen molar-refractivity contribution in [3.63, 3.8) is 0 Å². The predicted octanol–water partition coefficient (Wildman–Crippen LogP) is -1.38. The third kappa shape index (κ3) is 1.55. The summed E-state index contributed by atoms with van der Waals surface area (Å²) < 4.78 is 21.3. The van der Waals surface area contributed by atoms with Crippen LogP contribution in [0.25, 0.3) is 0 Å². The maximum Gasteiger partial charge on any atom is 0.405 e. The summed E-state index contributed by atoms with van der Waals surface area (Å²) in [5.41, 5.74) is -1.40. The van der Waals surface area contributed by atoms with E-state index in [9.17, 15) is 18.0 Å². The summed E-state index contributed by atoms with van der Waals surface area (Å²) in [5, 5.41) is 10.1. The van der Waals surface area contributed by atoms with Crippen LogP contribution in [-0.2, 0) is 14.6 Å². The van der Waals surface area contributed by atoms with Crippen LogP contribution in [0.5, 0.6) is 0 Å². The average Bonchev–Trinajstić information content (AvgIpc) is 1.81. The predicted molar refractivity (Wildman–Crippen MR) is 38.6 cm³/mol. The standard InChI is InChI=1S/C5H7NO5S/c7-1-5(6-4(8)9)2-12(10,11)3-5/h1,6H,2-3H2,(H,8,9). The third-order valence-electron chi connectivity index (χ3n) is 1.54. The Bertz CT molecular complexity index is 307. The van der Waals surface area contributed by atoms with Gasteiger partial charge in [-0.3, -0.25) is 0 Å². The Kier molecular flexibility index (Phi) is 1.83. The quantitative estimate of drug-likeness (QED) is 0.526. The Morgan fingerprint density at radius 3 is 2.25 bits per heavy atom. The van der Waals surface area contributed by atoms with Crippen LogP contribution in [0.2, 0.25) is 0 Å². The molecule has 0 spiro atoms. The molecule has 1 amide bonds. The third-order valence-corrected chi connectivity index (χ3v) is 3.45. The lowest BCUT2D eigenvalue weighted by Gasteiger charge is -2.35. The number of sulfone groups is 1. The number of hydrogen-bond acceptors (Lipinski definition) is 4. The molecule has 12 heavy (non-hydrogen) atoms. The summed E-state index contributed by atoms with van der Waals surface area (Å²) in [5.74, 6) is -0.869. The van der Waals surface area contributed by atoms with E-state index in [-0.39, 0.29) is 0 Å². The molecule has 0 bridgehead atoms. The molecule has 0 saturated carbocycles. The molecule has 0 atom stereocenters. The van der Waals surface area contributed by atoms with Crippen molar-refractivity contribution in [2.75, 3.05) is 11.5 Å². The number of nitrogens with one attached hydrogen (secondary N) is 1. The van der Waals surface area contributed by atoms with Gasteiger partial charge in [0.15, 0.2) is 9.84 Å². The van der Waals surface area contributed by atoms with Gasteiger partial charge in [-0.1, -0.05) is 0 Å². The molecule has 1 heterocycles. The highest BCUT2D eigenvalue weighted by atomic mass is 32.2. The molecule has 0 aromatic heterocycles. The molecule has 1 rings (SSSR count). The normalized spacial score (nSPS) is 23.7. The highest BCUT2D eigenvalue weighted by Crippen LogP contribution is 2.21. The topological polar surface area (TPSA) is 101 Å². The minimum absolute atomic E-state index is 0.322. The van der Waals surface area contributed by atoms with Crippen molar-refractivity contribution >= 4 is 22.2 Å². The van der Waals surface area contributed by atoms with Gasteiger partial charge in [0, 0.05) is 0 Å². The molecule has 1 fully saturated rings. The maximum atomic E-state index is 10.7. The van der Waals surface area contributed by atoms with Gasteiger partial charge in [0.1, 0.15) is 11.8 Å². The average molecular weight is 193 g/mol. The van der Waals surface area contributed by atoms with Crippen molar-refractivity contribution in [2.24, 2.45) is 0 Å². The SMILES string of the molecule is O=CC1(NC(=O)O)CS(=O)(=O)C1. The molecule has 0 aromatic carbocycles. The van der Waals surface area contributed by atoms with Crippen LogP contribution in [0.15, 0.2) is 0 Å². The minimum atomic E-state index is -3.20. The van der Waals surface area contributed by atoms with E-state index in [2.05, 4.69) is 0 Å². The number of amides is 1. The van der Waals surface area contributed by atoms with Gasteiger partial charge in [0.25, 0.3) is 0 Å². The van der Waals surface area contributed by atoms with E-state index < -0.39 is 33.0 Å². The lowest BCUT2D eigenvalue weighted by Crippen LogP contribution is -2.66. The zero-order valence-corrected chi connectivity index (χ0v) is 6.80. The molecular weight excluding hydrogens is 186 g/mol. The fourth-order valence-electron chi connectivity index (χ4n) is 1.13. The minimum Gasteiger partial charge on any atom is -0.465 e. The maximum absolute atomic E-state index is 10.7. The van der Waals surface area contributed by atoms with Crippen molar-refractivity contribution in [1.29, 1.82) is 0 Å². The Balaban J connectivity index is 2.71. The summed E-state index contributed by atoms with van der Waals surface area (Å²) in [6.45, 7) is 0. The Morgan fingerprint density at radius 1 is 1.50 bits per heavy atom. The number of carbonyl (C=O) groups excluding carboxylic acids is 1. The van der Waals surface area contributed by atoms with Gasteiger partial charge in [-0.25, -0.2) is 13.2 Å². The Morgan fingerprint density at radius 2 is 2.00 bits per heavy atom. The first-order valence-corrected chi connectivity index (χ1v) is 4.89. The van der Waals surface area contributed by atoms with Crippen LogP contribution in [-0.4, -0.2) is 42.9 Å². The van der Waals surface area contributed by atoms with E-state index in [1.807, 2.05) is 5.32 Å². The highest BCUT2D eigenvalue weighted by molar-refractivity contribution is 7.93. The van der Waals surface area contributed by atoms with Crippen LogP contribution in [0, 0.1) is 0 Å². The van der Waals surface area contributed by atoms with Gasteiger partial charge in [0.2, 0.25) is 0 Å². The molecule has 1 aliphatic rings. The van der Waals surface area contributed by atoms with Crippen LogP contribution in [0.4, 0.5) is 4.79 Å². The summed E-state index contributed by atoms with van der Waals surface area (Å²) in [4.78, 5) is 20.5. The van der Waals surface area contributed by atoms with E-state index in [1.165, 1.54) is 0 Å². The van der Waals surface area contributed by atoms with E-state index >= 15 is 0 Å². The highest BCUT2D eigenvalue weighted by Gasteiger charge is 2.49. The Labute approximate surface area is 68.5 Å². The van der Waals surface area contributed by atoms with Crippen LogP contribution < -0.4 is 5.32 Å². The summed E-state index contributed by atoms with van der Waals surface area (Å²) in [6, 6.07) is 0. The van der Waals surface area contributed by atoms with Crippen LogP contribution in [0.1, 0.15) is 0 Å². The molecule has 0 unspecified atom stereocenters. The molecule has 0 aliphatic carbocycles. The lowest BCUT2D eigenvalue weighted by atomic mass is 10.1. The number of carboxylic acid groups (broad SMARTS) is 1. The smallest absolute Gasteiger partial charge is 0.405 e. The van der Waals surface area contributed by atoms with E-state index in [0.717, 1.165) is 0 Å². The first kappa shape index (κ1) is 8.98. The van der Waals surface area contributed by atoms with Crippen molar-refractivity contribution < 1.29 is 23.1 Å². The molecule has 6 nitrogen and oxygen atoms in total. The first-order chi connectivity index (χ1) is 5.39. The van der Waals surface area contributed by atoms with E-state index in [1.54, 1.807) is 0 Å². The lowest BCUT2D eigenvalue weighted by molar-refractivity contribution is -0.112. The zero-order valence-electron chi connectivity index (χ0n) is 5.98. The largest absolute Gasteiger partial charge is 0.465 e. The van der Waals surface area contributed by atoms with Gasteiger partial charge in [-0.15, -0.1) is 0 Å². The van der Waals surface area contributed by atoms with Gasteiger partial charge in [0.05, 0.1) is 11.5 Å². The van der Waals surface area contributed by atoms with Gasteiger partial charge in [-0.2, -0.15) is 0 Å². The molecular formula is C5H7NO5S. The molecule has 1 aliphatic heterocycles. The van der Waals surface area contributed by atoms with Crippen molar-refractivity contribution in [1.82, 2.24) is 5.32 Å². The summed E-state index contributed by atoms with van der Waals surface area (Å²) >= 11 is 0. The number of hydrogen-bond donors (Lipinski definition) is 2. The van der Waals surface area contributed by atoms with Crippen molar-refractivity contribution in [2.45, 2.75) is 5.54 Å². The molecule has 68 valence electrons. The number of rotatable bonds is 2. The molecule has 2 N–H and O–H groups in total. The molecule has 7 heteroatoms. The van der Waals surface area contributed by atoms with Gasteiger partial charge < -0.3 is 15.2 Å². The van der Waals surface area contributed by atoms with Gasteiger partial charge >= 0.3 is 6.09 Å². The fraction of sp³-hybridized carbons (Fsp3) is 0.600. The summed E-state index contributed by atoms with van der Waals surface area (Å²) in [7, 11) is -3.20. The monoisotopic (exact) mass is 193 g/mol. The fourth-order valence-corrected chi connectivity index (χ4v) is 2.89. The number of carbonyl (C=O) groups is 2. The molecule has 1 saturated heterocycles. The van der Waals surface area contributed by atoms with Gasteiger partial charge in [-0.05, 0) is 0 Å². The van der Waals surface area contributed by atoms with E-state index in [4.69, 9.17) is 5.11 Å². The van der Waals surface area contributed by atoms with E-state index in [0.29, 0.717) is 6.29 Å². The second kappa shape index (κ2) is 2.44. The van der Waals surface area contributed by atoms with Crippen molar-refractivity contribution in [3.05, 3.63) is 0 Å². The number of aldehydes is 1. The second-order valence-corrected chi connectivity index (χ2v) is 4.80. The first-order valence-electron chi connectivity index (χ1n) is 3.07. The van der Waals surface area contributed by atoms with Crippen LogP contribution >= 0.6 is 0 Å².